The number of aliphatic hydroxyl groups is 1. The predicted octanol–water partition coefficient (Wildman–Crippen LogP) is 4.16. The molecule has 0 bridgehead atoms. The van der Waals surface area contributed by atoms with E-state index in [1.165, 1.54) is 0 Å². The monoisotopic (exact) mass is 375 g/mol. The van der Waals surface area contributed by atoms with E-state index in [0.717, 1.165) is 22.2 Å². The molecule has 3 N–H and O–H groups in total. The van der Waals surface area contributed by atoms with Crippen LogP contribution in [0.4, 0.5) is 8.78 Å². The largest absolute Gasteiger partial charge is 0.388 e. The van der Waals surface area contributed by atoms with E-state index >= 15 is 0 Å². The standard InChI is InChI=1S/C15H13BrClF2NO/c16-9-3-1-2-8(4-9)11(7-20)15(21)10-5-14(19)12(17)6-13(10)18/h1-6,11,15,21H,7,20H2. The second-order valence-electron chi connectivity index (χ2n) is 4.63. The molecule has 0 saturated carbocycles. The smallest absolute Gasteiger partial charge is 0.142 e. The molecule has 6 heteroatoms. The van der Waals surface area contributed by atoms with Gasteiger partial charge < -0.3 is 10.8 Å². The maximum atomic E-state index is 13.9. The molecule has 0 fully saturated rings. The first-order chi connectivity index (χ1) is 9.93. The summed E-state index contributed by atoms with van der Waals surface area (Å²) in [6.45, 7) is 0.0846. The summed E-state index contributed by atoms with van der Waals surface area (Å²) >= 11 is 8.84. The minimum absolute atomic E-state index is 0.0846. The molecule has 2 nitrogen and oxygen atoms in total. The Bertz CT molecular complexity index is 654. The number of hydrogen-bond donors (Lipinski definition) is 2. The van der Waals surface area contributed by atoms with E-state index in [1.54, 1.807) is 18.2 Å². The van der Waals surface area contributed by atoms with Crippen LogP contribution in [0.3, 0.4) is 0 Å². The summed E-state index contributed by atoms with van der Waals surface area (Å²) in [6, 6.07) is 8.92. The predicted molar refractivity (Wildman–Crippen MR) is 82.3 cm³/mol. The molecule has 112 valence electrons. The van der Waals surface area contributed by atoms with Crippen LogP contribution in [-0.2, 0) is 0 Å². The minimum atomic E-state index is -1.27. The molecule has 0 spiro atoms. The molecule has 0 amide bonds. The van der Waals surface area contributed by atoms with Crippen molar-refractivity contribution >= 4 is 27.5 Å². The Morgan fingerprint density at radius 3 is 2.52 bits per heavy atom. The normalized spacial score (nSPS) is 14.0. The zero-order chi connectivity index (χ0) is 15.6. The maximum Gasteiger partial charge on any atom is 0.142 e. The van der Waals surface area contributed by atoms with E-state index < -0.39 is 23.7 Å². The second-order valence-corrected chi connectivity index (χ2v) is 5.95. The van der Waals surface area contributed by atoms with Gasteiger partial charge in [-0.05, 0) is 29.8 Å². The number of rotatable bonds is 4. The van der Waals surface area contributed by atoms with Crippen molar-refractivity contribution in [2.45, 2.75) is 12.0 Å². The van der Waals surface area contributed by atoms with Crippen LogP contribution >= 0.6 is 27.5 Å². The van der Waals surface area contributed by atoms with Gasteiger partial charge in [0.05, 0.1) is 11.1 Å². The highest BCUT2D eigenvalue weighted by atomic mass is 79.9. The first-order valence-electron chi connectivity index (χ1n) is 6.22. The Morgan fingerprint density at radius 1 is 1.19 bits per heavy atom. The highest BCUT2D eigenvalue weighted by molar-refractivity contribution is 9.10. The fourth-order valence-electron chi connectivity index (χ4n) is 2.17. The van der Waals surface area contributed by atoms with Gasteiger partial charge in [-0.15, -0.1) is 0 Å². The van der Waals surface area contributed by atoms with Crippen LogP contribution < -0.4 is 5.73 Å². The van der Waals surface area contributed by atoms with Gasteiger partial charge in [0, 0.05) is 22.5 Å². The molecule has 2 aromatic rings. The van der Waals surface area contributed by atoms with E-state index in [9.17, 15) is 13.9 Å². The zero-order valence-electron chi connectivity index (χ0n) is 10.9. The number of aliphatic hydroxyl groups excluding tert-OH is 1. The van der Waals surface area contributed by atoms with Crippen molar-refractivity contribution < 1.29 is 13.9 Å². The molecule has 0 radical (unpaired) electrons. The first kappa shape index (κ1) is 16.4. The van der Waals surface area contributed by atoms with Crippen LogP contribution in [-0.4, -0.2) is 11.7 Å². The summed E-state index contributed by atoms with van der Waals surface area (Å²) in [5.74, 6) is -2.10. The van der Waals surface area contributed by atoms with E-state index in [1.807, 2.05) is 6.07 Å². The molecule has 0 aliphatic carbocycles. The van der Waals surface area contributed by atoms with Crippen LogP contribution in [0.25, 0.3) is 0 Å². The Balaban J connectivity index is 2.41. The highest BCUT2D eigenvalue weighted by Gasteiger charge is 2.25. The SMILES string of the molecule is NCC(c1cccc(Br)c1)C(O)c1cc(F)c(Cl)cc1F. The van der Waals surface area contributed by atoms with Gasteiger partial charge in [-0.2, -0.15) is 0 Å². The average molecular weight is 377 g/mol. The zero-order valence-corrected chi connectivity index (χ0v) is 13.2. The average Bonchev–Trinajstić information content (AvgIpc) is 2.43. The summed E-state index contributed by atoms with van der Waals surface area (Å²) in [7, 11) is 0. The molecule has 0 saturated heterocycles. The molecular formula is C15H13BrClF2NO. The van der Waals surface area contributed by atoms with Gasteiger partial charge in [0.15, 0.2) is 0 Å². The van der Waals surface area contributed by atoms with Crippen molar-refractivity contribution in [2.24, 2.45) is 5.73 Å². The van der Waals surface area contributed by atoms with Crippen LogP contribution in [0.5, 0.6) is 0 Å². The fraction of sp³-hybridized carbons (Fsp3) is 0.200. The van der Waals surface area contributed by atoms with Gasteiger partial charge in [0.1, 0.15) is 11.6 Å². The van der Waals surface area contributed by atoms with Crippen LogP contribution in [0.2, 0.25) is 5.02 Å². The van der Waals surface area contributed by atoms with Gasteiger partial charge in [-0.1, -0.05) is 39.7 Å². The van der Waals surface area contributed by atoms with Gasteiger partial charge >= 0.3 is 0 Å². The maximum absolute atomic E-state index is 13.9. The third-order valence-corrected chi connectivity index (χ3v) is 4.05. The van der Waals surface area contributed by atoms with Crippen LogP contribution in [0.15, 0.2) is 40.9 Å². The van der Waals surface area contributed by atoms with Crippen molar-refractivity contribution in [3.63, 3.8) is 0 Å². The molecule has 0 aliphatic heterocycles. The molecular weight excluding hydrogens is 364 g/mol. The van der Waals surface area contributed by atoms with E-state index in [4.69, 9.17) is 17.3 Å². The third kappa shape index (κ3) is 3.61. The lowest BCUT2D eigenvalue weighted by Gasteiger charge is -2.23. The summed E-state index contributed by atoms with van der Waals surface area (Å²) in [4.78, 5) is 0. The van der Waals surface area contributed by atoms with Crippen molar-refractivity contribution in [2.75, 3.05) is 6.54 Å². The van der Waals surface area contributed by atoms with E-state index in [-0.39, 0.29) is 17.1 Å². The van der Waals surface area contributed by atoms with E-state index in [2.05, 4.69) is 15.9 Å². The summed E-state index contributed by atoms with van der Waals surface area (Å²) in [5.41, 5.74) is 6.26. The van der Waals surface area contributed by atoms with Gasteiger partial charge in [0.25, 0.3) is 0 Å². The molecule has 21 heavy (non-hydrogen) atoms. The van der Waals surface area contributed by atoms with Gasteiger partial charge in [0.2, 0.25) is 0 Å². The third-order valence-electron chi connectivity index (χ3n) is 3.27. The second kappa shape index (κ2) is 6.83. The Kier molecular flexibility index (Phi) is 5.32. The molecule has 0 aromatic heterocycles. The van der Waals surface area contributed by atoms with E-state index in [0.29, 0.717) is 0 Å². The lowest BCUT2D eigenvalue weighted by Crippen LogP contribution is -2.21. The summed E-state index contributed by atoms with van der Waals surface area (Å²) < 4.78 is 28.2. The molecule has 2 atom stereocenters. The number of benzene rings is 2. The van der Waals surface area contributed by atoms with Crippen LogP contribution in [0.1, 0.15) is 23.1 Å². The van der Waals surface area contributed by atoms with Crippen LogP contribution in [0, 0.1) is 11.6 Å². The fourth-order valence-corrected chi connectivity index (χ4v) is 2.73. The molecule has 2 aromatic carbocycles. The van der Waals surface area contributed by atoms with Crippen molar-refractivity contribution in [3.8, 4) is 0 Å². The highest BCUT2D eigenvalue weighted by Crippen LogP contribution is 2.34. The van der Waals surface area contributed by atoms with Gasteiger partial charge in [-0.3, -0.25) is 0 Å². The number of halogens is 4. The van der Waals surface area contributed by atoms with Gasteiger partial charge in [-0.25, -0.2) is 8.78 Å². The first-order valence-corrected chi connectivity index (χ1v) is 7.39. The summed E-state index contributed by atoms with van der Waals surface area (Å²) in [5, 5.41) is 10.1. The minimum Gasteiger partial charge on any atom is -0.388 e. The lowest BCUT2D eigenvalue weighted by molar-refractivity contribution is 0.142. The summed E-state index contributed by atoms with van der Waals surface area (Å²) in [6.07, 6.45) is -1.27. The Labute approximate surface area is 134 Å². The van der Waals surface area contributed by atoms with Crippen molar-refractivity contribution in [1.82, 2.24) is 0 Å². The molecule has 0 aliphatic rings. The Hall–Kier alpha value is -1.01. The topological polar surface area (TPSA) is 46.2 Å². The quantitative estimate of drug-likeness (QED) is 0.787. The number of hydrogen-bond acceptors (Lipinski definition) is 2. The Morgan fingerprint density at radius 2 is 1.90 bits per heavy atom. The molecule has 2 rings (SSSR count). The van der Waals surface area contributed by atoms with Crippen molar-refractivity contribution in [3.05, 3.63) is 68.7 Å². The number of nitrogens with two attached hydrogens (primary N) is 1. The lowest BCUT2D eigenvalue weighted by atomic mass is 9.89. The molecule has 2 unspecified atom stereocenters. The molecule has 0 heterocycles. The van der Waals surface area contributed by atoms with Crippen molar-refractivity contribution in [1.29, 1.82) is 0 Å².